The van der Waals surface area contributed by atoms with Gasteiger partial charge in [0.1, 0.15) is 17.6 Å². The van der Waals surface area contributed by atoms with Crippen molar-refractivity contribution in [1.29, 1.82) is 0 Å². The molecule has 0 saturated carbocycles. The van der Waals surface area contributed by atoms with Gasteiger partial charge < -0.3 is 39.0 Å². The van der Waals surface area contributed by atoms with Crippen LogP contribution in [-0.2, 0) is 22.6 Å². The molecule has 4 aromatic rings. The van der Waals surface area contributed by atoms with Crippen LogP contribution in [0.3, 0.4) is 0 Å². The Balaban J connectivity index is 1.25. The van der Waals surface area contributed by atoms with Gasteiger partial charge in [0, 0.05) is 42.8 Å². The number of hydrogen-bond acceptors (Lipinski definition) is 9. The molecular formula is C34H34N4O8. The minimum Gasteiger partial charge on any atom is -0.496 e. The Bertz CT molecular complexity index is 1720. The number of nitrogens with one attached hydrogen (secondary N) is 2. The molecule has 1 aromatic heterocycles. The first-order valence-electron chi connectivity index (χ1n) is 14.9. The van der Waals surface area contributed by atoms with Gasteiger partial charge in [0.2, 0.25) is 5.91 Å². The van der Waals surface area contributed by atoms with Gasteiger partial charge in [-0.05, 0) is 36.2 Å². The van der Waals surface area contributed by atoms with E-state index in [0.29, 0.717) is 35.2 Å². The smallest absolute Gasteiger partial charge is 0.276 e. The fourth-order valence-corrected chi connectivity index (χ4v) is 5.51. The summed E-state index contributed by atoms with van der Waals surface area (Å²) in [6.45, 7) is 0.322. The van der Waals surface area contributed by atoms with Crippen molar-refractivity contribution in [3.8, 4) is 34.3 Å². The summed E-state index contributed by atoms with van der Waals surface area (Å²) in [7, 11) is 3.06. The Morgan fingerprint density at radius 3 is 2.54 bits per heavy atom. The van der Waals surface area contributed by atoms with Crippen molar-refractivity contribution in [3.05, 3.63) is 89.6 Å². The van der Waals surface area contributed by atoms with Crippen molar-refractivity contribution in [1.82, 2.24) is 20.7 Å². The van der Waals surface area contributed by atoms with Crippen LogP contribution < -0.4 is 29.6 Å². The molecule has 2 atom stereocenters. The monoisotopic (exact) mass is 626 g/mol. The summed E-state index contributed by atoms with van der Waals surface area (Å²) >= 11 is 0. The zero-order valence-corrected chi connectivity index (χ0v) is 25.5. The molecule has 4 bridgehead atoms. The second-order valence-corrected chi connectivity index (χ2v) is 11.0. The second-order valence-electron chi connectivity index (χ2n) is 11.0. The lowest BCUT2D eigenvalue weighted by Crippen LogP contribution is -2.46. The Labute approximate surface area is 265 Å². The van der Waals surface area contributed by atoms with Crippen molar-refractivity contribution in [2.75, 3.05) is 33.9 Å². The fraction of sp³-hybridized carbons (Fsp3) is 0.294. The van der Waals surface area contributed by atoms with Gasteiger partial charge in [-0.15, -0.1) is 0 Å². The molecule has 0 unspecified atom stereocenters. The van der Waals surface area contributed by atoms with Crippen LogP contribution in [-0.4, -0.2) is 73.8 Å². The Hall–Kier alpha value is -5.52. The molecule has 0 radical (unpaired) electrons. The van der Waals surface area contributed by atoms with Crippen LogP contribution in [0.4, 0.5) is 0 Å². The highest BCUT2D eigenvalue weighted by molar-refractivity contribution is 5.93. The summed E-state index contributed by atoms with van der Waals surface area (Å²) in [4.78, 5) is 40.9. The van der Waals surface area contributed by atoms with E-state index < -0.39 is 18.1 Å². The molecule has 0 spiro atoms. The molecule has 0 aliphatic carbocycles. The number of likely N-dealkylation sites (tertiary alicyclic amines) is 1. The lowest BCUT2D eigenvalue weighted by atomic mass is 10.1. The number of carbonyl (C=O) groups excluding carboxylic acids is 3. The number of aromatic nitrogens is 1. The van der Waals surface area contributed by atoms with Gasteiger partial charge in [-0.1, -0.05) is 41.6 Å². The van der Waals surface area contributed by atoms with Crippen molar-refractivity contribution >= 4 is 17.7 Å². The number of amides is 3. The average molecular weight is 627 g/mol. The molecule has 1 saturated heterocycles. The van der Waals surface area contributed by atoms with E-state index in [4.69, 9.17) is 23.5 Å². The normalized spacial score (nSPS) is 18.5. The first-order chi connectivity index (χ1) is 22.4. The summed E-state index contributed by atoms with van der Waals surface area (Å²) in [5, 5.41) is 9.93. The van der Waals surface area contributed by atoms with Gasteiger partial charge in [0.25, 0.3) is 11.8 Å². The summed E-state index contributed by atoms with van der Waals surface area (Å²) < 4.78 is 28.7. The van der Waals surface area contributed by atoms with Crippen LogP contribution in [0.25, 0.3) is 11.3 Å². The summed E-state index contributed by atoms with van der Waals surface area (Å²) in [6, 6.07) is 21.1. The molecule has 3 amide bonds. The van der Waals surface area contributed by atoms with E-state index in [-0.39, 0.29) is 50.2 Å². The van der Waals surface area contributed by atoms with Crippen LogP contribution in [0.5, 0.6) is 23.0 Å². The third kappa shape index (κ3) is 6.90. The third-order valence-corrected chi connectivity index (χ3v) is 7.94. The van der Waals surface area contributed by atoms with Gasteiger partial charge in [0.15, 0.2) is 29.6 Å². The Morgan fingerprint density at radius 1 is 0.913 bits per heavy atom. The Kier molecular flexibility index (Phi) is 9.04. The molecule has 9 rings (SSSR count). The fourth-order valence-electron chi connectivity index (χ4n) is 5.51. The van der Waals surface area contributed by atoms with Crippen LogP contribution in [0, 0.1) is 0 Å². The molecule has 2 N–H and O–H groups in total. The third-order valence-electron chi connectivity index (χ3n) is 7.94. The van der Waals surface area contributed by atoms with E-state index in [1.54, 1.807) is 42.3 Å². The largest absolute Gasteiger partial charge is 0.496 e. The maximum absolute atomic E-state index is 13.5. The van der Waals surface area contributed by atoms with Crippen LogP contribution in [0.2, 0.25) is 0 Å². The van der Waals surface area contributed by atoms with Gasteiger partial charge in [-0.3, -0.25) is 14.4 Å². The average Bonchev–Trinajstić information content (AvgIpc) is 3.73. The molecule has 12 heteroatoms. The van der Waals surface area contributed by atoms with E-state index in [0.717, 1.165) is 16.7 Å². The number of methoxy groups -OCH3 is 2. The van der Waals surface area contributed by atoms with Crippen molar-refractivity contribution in [3.63, 3.8) is 0 Å². The van der Waals surface area contributed by atoms with Crippen LogP contribution in [0.15, 0.2) is 77.3 Å². The molecule has 5 aliphatic rings. The van der Waals surface area contributed by atoms with Crippen molar-refractivity contribution in [2.24, 2.45) is 0 Å². The molecule has 5 aliphatic heterocycles. The predicted molar refractivity (Wildman–Crippen MR) is 166 cm³/mol. The van der Waals surface area contributed by atoms with Gasteiger partial charge >= 0.3 is 0 Å². The molecule has 12 nitrogen and oxygen atoms in total. The maximum Gasteiger partial charge on any atom is 0.276 e. The number of hydrogen-bond donors (Lipinski definition) is 2. The van der Waals surface area contributed by atoms with Crippen LogP contribution >= 0.6 is 0 Å². The van der Waals surface area contributed by atoms with E-state index in [9.17, 15) is 14.4 Å². The van der Waals surface area contributed by atoms with E-state index in [1.165, 1.54) is 7.11 Å². The number of aryl methyl sites for hydroxylation is 1. The van der Waals surface area contributed by atoms with Gasteiger partial charge in [0.05, 0.1) is 26.8 Å². The Morgan fingerprint density at radius 2 is 1.74 bits per heavy atom. The minimum absolute atomic E-state index is 0.116. The molecule has 238 valence electrons. The number of rotatable bonds is 4. The van der Waals surface area contributed by atoms with Crippen molar-refractivity contribution < 1.29 is 37.9 Å². The quantitative estimate of drug-likeness (QED) is 0.349. The van der Waals surface area contributed by atoms with Crippen LogP contribution in [0.1, 0.15) is 28.0 Å². The molecule has 3 aromatic carbocycles. The highest BCUT2D eigenvalue weighted by Gasteiger charge is 2.39. The molecule has 1 fully saturated rings. The first kappa shape index (κ1) is 30.5. The topological polar surface area (TPSA) is 141 Å². The van der Waals surface area contributed by atoms with E-state index in [2.05, 4.69) is 15.8 Å². The zero-order valence-electron chi connectivity index (χ0n) is 25.5. The highest BCUT2D eigenvalue weighted by Crippen LogP contribution is 2.30. The lowest BCUT2D eigenvalue weighted by molar-refractivity contribution is -0.124. The van der Waals surface area contributed by atoms with Crippen molar-refractivity contribution in [2.45, 2.75) is 31.5 Å². The SMILES string of the molecule is COc1cc2ccc1CNC(=O)CCc1ccc(c(OC)c1)OCC(=O)N[C@@H]1CN(C(=O)c3cc(-c4ccccc4)on3)C[C@H]1O2. The van der Waals surface area contributed by atoms with Gasteiger partial charge in [-0.2, -0.15) is 0 Å². The number of carbonyl (C=O) groups is 3. The standard InChI is InChI=1S/C34H34N4O8/c1-42-28-15-24-11-10-23(28)17-35-32(39)13-9-21-8-12-27(30(14-21)43-2)44-20-33(40)36-26-18-38(19-31(26)45-24)34(41)25-16-29(46-37-25)22-6-4-3-5-7-22/h3-8,10-12,14-16,26,31H,9,13,17-20H2,1-2H3,(H,35,39)(H,36,40)/t26-,31-/m1/s1. The number of nitrogens with zero attached hydrogens (tertiary/aromatic N) is 2. The van der Waals surface area contributed by atoms with E-state index in [1.807, 2.05) is 42.5 Å². The lowest BCUT2D eigenvalue weighted by Gasteiger charge is -2.22. The minimum atomic E-state index is -0.608. The molecular weight excluding hydrogens is 592 g/mol. The number of ether oxygens (including phenoxy) is 4. The molecule has 46 heavy (non-hydrogen) atoms. The summed E-state index contributed by atoms with van der Waals surface area (Å²) in [5.41, 5.74) is 2.61. The maximum atomic E-state index is 13.5. The van der Waals surface area contributed by atoms with Gasteiger partial charge in [-0.25, -0.2) is 0 Å². The first-order valence-corrected chi connectivity index (χ1v) is 14.9. The zero-order chi connectivity index (χ0) is 32.0. The summed E-state index contributed by atoms with van der Waals surface area (Å²) in [6.07, 6.45) is 0.158. The molecule has 6 heterocycles. The highest BCUT2D eigenvalue weighted by atomic mass is 16.5. The summed E-state index contributed by atoms with van der Waals surface area (Å²) in [5.74, 6) is 1.46. The predicted octanol–water partition coefficient (Wildman–Crippen LogP) is 3.39. The number of benzene rings is 3. The second kappa shape index (κ2) is 13.6. The van der Waals surface area contributed by atoms with E-state index >= 15 is 0 Å².